The summed E-state index contributed by atoms with van der Waals surface area (Å²) in [7, 11) is 0. The predicted octanol–water partition coefficient (Wildman–Crippen LogP) is 3.79. The van der Waals surface area contributed by atoms with Gasteiger partial charge in [0.25, 0.3) is 5.91 Å². The third-order valence-corrected chi connectivity index (χ3v) is 7.16. The van der Waals surface area contributed by atoms with Crippen LogP contribution in [0, 0.1) is 23.2 Å². The lowest BCUT2D eigenvalue weighted by Gasteiger charge is -2.59. The van der Waals surface area contributed by atoms with Gasteiger partial charge in [0.1, 0.15) is 13.2 Å². The van der Waals surface area contributed by atoms with Crippen LogP contribution in [0.4, 0.5) is 0 Å². The molecule has 0 aromatic heterocycles. The van der Waals surface area contributed by atoms with Crippen molar-refractivity contribution in [2.75, 3.05) is 13.2 Å². The van der Waals surface area contributed by atoms with Crippen LogP contribution in [0.5, 0.6) is 11.5 Å². The minimum absolute atomic E-state index is 0.0141. The molecule has 0 spiro atoms. The number of ether oxygens (including phenoxy) is 2. The van der Waals surface area contributed by atoms with Crippen LogP contribution < -0.4 is 14.8 Å². The lowest BCUT2D eigenvalue weighted by Crippen LogP contribution is -2.55. The van der Waals surface area contributed by atoms with Crippen molar-refractivity contribution in [3.05, 3.63) is 23.8 Å². The monoisotopic (exact) mass is 341 g/mol. The zero-order valence-corrected chi connectivity index (χ0v) is 14.9. The molecule has 5 aliphatic rings. The van der Waals surface area contributed by atoms with Gasteiger partial charge < -0.3 is 14.8 Å². The highest BCUT2D eigenvalue weighted by molar-refractivity contribution is 5.95. The fourth-order valence-electron chi connectivity index (χ4n) is 6.33. The first-order chi connectivity index (χ1) is 12.1. The second kappa shape index (κ2) is 5.65. The molecule has 0 saturated heterocycles. The number of rotatable bonds is 3. The largest absolute Gasteiger partial charge is 0.486 e. The highest BCUT2D eigenvalue weighted by Gasteiger charge is 2.53. The Bertz CT molecular complexity index is 663. The average Bonchev–Trinajstić information content (AvgIpc) is 2.60. The van der Waals surface area contributed by atoms with E-state index in [1.165, 1.54) is 38.5 Å². The summed E-state index contributed by atoms with van der Waals surface area (Å²) in [5.74, 6) is 4.14. The smallest absolute Gasteiger partial charge is 0.251 e. The van der Waals surface area contributed by atoms with Crippen LogP contribution in [-0.2, 0) is 0 Å². The highest BCUT2D eigenvalue weighted by atomic mass is 16.6. The average molecular weight is 341 g/mol. The maximum absolute atomic E-state index is 12.8. The molecule has 0 radical (unpaired) electrons. The van der Waals surface area contributed by atoms with Crippen molar-refractivity contribution in [1.82, 2.24) is 5.32 Å². The Labute approximate surface area is 149 Å². The second-order valence-corrected chi connectivity index (χ2v) is 8.83. The van der Waals surface area contributed by atoms with E-state index in [9.17, 15) is 4.79 Å². The van der Waals surface area contributed by atoms with Crippen LogP contribution in [0.2, 0.25) is 0 Å². The second-order valence-electron chi connectivity index (χ2n) is 8.83. The van der Waals surface area contributed by atoms with Crippen molar-refractivity contribution in [2.45, 2.75) is 51.5 Å². The minimum atomic E-state index is 0.0141. The molecule has 1 aliphatic heterocycles. The van der Waals surface area contributed by atoms with Gasteiger partial charge in [-0.25, -0.2) is 0 Å². The number of nitrogens with one attached hydrogen (secondary N) is 1. The molecule has 134 valence electrons. The summed E-state index contributed by atoms with van der Waals surface area (Å²) in [6.07, 6.45) is 8.22. The van der Waals surface area contributed by atoms with Crippen LogP contribution >= 0.6 is 0 Å². The molecule has 6 rings (SSSR count). The molecule has 1 heterocycles. The van der Waals surface area contributed by atoms with Crippen LogP contribution in [0.15, 0.2) is 18.2 Å². The van der Waals surface area contributed by atoms with E-state index in [0.717, 1.165) is 23.5 Å². The van der Waals surface area contributed by atoms with E-state index in [1.54, 1.807) is 0 Å². The number of carbonyl (C=O) groups excluding carboxylic acids is 1. The summed E-state index contributed by atoms with van der Waals surface area (Å²) < 4.78 is 11.2. The fourth-order valence-corrected chi connectivity index (χ4v) is 6.33. The molecule has 25 heavy (non-hydrogen) atoms. The summed E-state index contributed by atoms with van der Waals surface area (Å²) in [6, 6.07) is 5.74. The Balaban J connectivity index is 1.32. The van der Waals surface area contributed by atoms with Crippen molar-refractivity contribution in [3.63, 3.8) is 0 Å². The normalized spacial score (nSPS) is 36.1. The molecule has 1 atom stereocenters. The number of fused-ring (bicyclic) bond motifs is 1. The maximum Gasteiger partial charge on any atom is 0.251 e. The van der Waals surface area contributed by atoms with Crippen LogP contribution in [0.1, 0.15) is 55.8 Å². The predicted molar refractivity (Wildman–Crippen MR) is 95.0 cm³/mol. The van der Waals surface area contributed by atoms with E-state index >= 15 is 0 Å². The van der Waals surface area contributed by atoms with E-state index in [2.05, 4.69) is 12.2 Å². The molecule has 4 nitrogen and oxygen atoms in total. The van der Waals surface area contributed by atoms with E-state index in [-0.39, 0.29) is 11.9 Å². The lowest BCUT2D eigenvalue weighted by atomic mass is 9.48. The van der Waals surface area contributed by atoms with Gasteiger partial charge in [0.05, 0.1) is 0 Å². The first-order valence-corrected chi connectivity index (χ1v) is 9.82. The molecular weight excluding hydrogens is 314 g/mol. The van der Waals surface area contributed by atoms with E-state index in [1.807, 2.05) is 18.2 Å². The van der Waals surface area contributed by atoms with Gasteiger partial charge in [0.15, 0.2) is 11.5 Å². The van der Waals surface area contributed by atoms with E-state index in [0.29, 0.717) is 29.9 Å². The zero-order valence-electron chi connectivity index (χ0n) is 14.9. The van der Waals surface area contributed by atoms with Crippen molar-refractivity contribution < 1.29 is 14.3 Å². The van der Waals surface area contributed by atoms with Crippen LogP contribution in [0.25, 0.3) is 0 Å². The Morgan fingerprint density at radius 2 is 1.64 bits per heavy atom. The Morgan fingerprint density at radius 3 is 2.28 bits per heavy atom. The van der Waals surface area contributed by atoms with Gasteiger partial charge in [0, 0.05) is 11.6 Å². The Kier molecular flexibility index (Phi) is 3.51. The molecule has 4 fully saturated rings. The molecule has 4 bridgehead atoms. The Morgan fingerprint density at radius 1 is 1.04 bits per heavy atom. The SMILES string of the molecule is C[C@H](NC(=O)c1ccc2c(c1)OCCO2)C12CC3CC(CC(C3)C1)C2. The molecule has 1 amide bonds. The van der Waals surface area contributed by atoms with Gasteiger partial charge in [-0.15, -0.1) is 0 Å². The minimum Gasteiger partial charge on any atom is -0.486 e. The lowest BCUT2D eigenvalue weighted by molar-refractivity contribution is -0.0688. The fraction of sp³-hybridized carbons (Fsp3) is 0.667. The van der Waals surface area contributed by atoms with E-state index in [4.69, 9.17) is 9.47 Å². The molecular formula is C21H27NO3. The summed E-state index contributed by atoms with van der Waals surface area (Å²) >= 11 is 0. The third-order valence-electron chi connectivity index (χ3n) is 7.16. The van der Waals surface area contributed by atoms with Crippen LogP contribution in [0.3, 0.4) is 0 Å². The first-order valence-electron chi connectivity index (χ1n) is 9.82. The third kappa shape index (κ3) is 2.61. The summed E-state index contributed by atoms with van der Waals surface area (Å²) in [5, 5.41) is 3.32. The maximum atomic E-state index is 12.8. The van der Waals surface area contributed by atoms with Crippen LogP contribution in [-0.4, -0.2) is 25.2 Å². The van der Waals surface area contributed by atoms with Crippen molar-refractivity contribution in [1.29, 1.82) is 0 Å². The standard InChI is InChI=1S/C21H27NO3/c1-13(21-10-14-6-15(11-21)8-16(7-14)12-21)22-20(23)17-2-3-18-19(9-17)25-5-4-24-18/h2-3,9,13-16H,4-8,10-12H2,1H3,(H,22,23)/t13-,14?,15?,16?,21?/m0/s1. The topological polar surface area (TPSA) is 47.6 Å². The molecule has 1 aromatic rings. The molecule has 4 heteroatoms. The molecule has 1 aromatic carbocycles. The summed E-state index contributed by atoms with van der Waals surface area (Å²) in [4.78, 5) is 12.8. The quantitative estimate of drug-likeness (QED) is 0.910. The first kappa shape index (κ1) is 15.5. The molecule has 1 N–H and O–H groups in total. The van der Waals surface area contributed by atoms with Gasteiger partial charge in [-0.3, -0.25) is 4.79 Å². The number of benzene rings is 1. The number of hydrogen-bond donors (Lipinski definition) is 1. The van der Waals surface area contributed by atoms with Gasteiger partial charge in [-0.2, -0.15) is 0 Å². The Hall–Kier alpha value is -1.71. The van der Waals surface area contributed by atoms with Crippen molar-refractivity contribution in [2.24, 2.45) is 23.2 Å². The highest BCUT2D eigenvalue weighted by Crippen LogP contribution is 2.61. The summed E-state index contributed by atoms with van der Waals surface area (Å²) in [5.41, 5.74) is 0.999. The van der Waals surface area contributed by atoms with E-state index < -0.39 is 0 Å². The van der Waals surface area contributed by atoms with Crippen molar-refractivity contribution in [3.8, 4) is 11.5 Å². The number of hydrogen-bond acceptors (Lipinski definition) is 3. The molecule has 4 saturated carbocycles. The van der Waals surface area contributed by atoms with Gasteiger partial charge in [0.2, 0.25) is 0 Å². The van der Waals surface area contributed by atoms with Gasteiger partial charge in [-0.05, 0) is 86.8 Å². The van der Waals surface area contributed by atoms with Gasteiger partial charge in [-0.1, -0.05) is 0 Å². The number of amides is 1. The summed E-state index contributed by atoms with van der Waals surface area (Å²) in [6.45, 7) is 3.34. The van der Waals surface area contributed by atoms with Crippen molar-refractivity contribution >= 4 is 5.91 Å². The zero-order chi connectivity index (χ0) is 17.0. The van der Waals surface area contributed by atoms with Gasteiger partial charge >= 0.3 is 0 Å². The number of carbonyl (C=O) groups is 1. The molecule has 0 unspecified atom stereocenters. The molecule has 4 aliphatic carbocycles.